The lowest BCUT2D eigenvalue weighted by atomic mass is 10.1. The fraction of sp³-hybridized carbons (Fsp3) is 0.205. The molecule has 0 aliphatic carbocycles. The van der Waals surface area contributed by atoms with E-state index in [2.05, 4.69) is 129 Å². The summed E-state index contributed by atoms with van der Waals surface area (Å²) in [7, 11) is 7.49. The maximum atomic E-state index is 12.2. The fourth-order valence-electron chi connectivity index (χ4n) is 6.44. The first-order valence-electron chi connectivity index (χ1n) is 16.0. The lowest BCUT2D eigenvalue weighted by Crippen LogP contribution is -2.39. The number of nitrogens with one attached hydrogen (secondary N) is 2. The molecule has 0 atom stereocenters. The molecule has 0 radical (unpaired) electrons. The maximum Gasteiger partial charge on any atom is 0.282 e. The Bertz CT molecular complexity index is 2100. The molecule has 4 aromatic carbocycles. The average molecular weight is 626 g/mol. The number of amides is 2. The molecule has 8 heteroatoms. The van der Waals surface area contributed by atoms with Crippen LogP contribution >= 0.6 is 0 Å². The van der Waals surface area contributed by atoms with Gasteiger partial charge in [-0.3, -0.25) is 9.59 Å². The van der Waals surface area contributed by atoms with Gasteiger partial charge < -0.3 is 20.4 Å². The first kappa shape index (κ1) is 31.4. The van der Waals surface area contributed by atoms with Crippen LogP contribution in [0.1, 0.15) is 18.7 Å². The molecular formula is C39H41N6O2+. The molecule has 8 nitrogen and oxygen atoms in total. The van der Waals surface area contributed by atoms with E-state index >= 15 is 0 Å². The first-order chi connectivity index (χ1) is 22.9. The number of benzene rings is 4. The van der Waals surface area contributed by atoms with Gasteiger partial charge in [-0.15, -0.1) is 0 Å². The minimum atomic E-state index is 0.0141. The van der Waals surface area contributed by atoms with E-state index in [4.69, 9.17) is 0 Å². The van der Waals surface area contributed by atoms with Crippen LogP contribution in [0.25, 0.3) is 38.7 Å². The van der Waals surface area contributed by atoms with E-state index < -0.39 is 0 Å². The minimum Gasteiger partial charge on any atom is -0.359 e. The molecule has 238 valence electrons. The highest BCUT2D eigenvalue weighted by atomic mass is 16.2. The van der Waals surface area contributed by atoms with E-state index in [-0.39, 0.29) is 11.8 Å². The highest BCUT2D eigenvalue weighted by molar-refractivity contribution is 6.05. The van der Waals surface area contributed by atoms with Gasteiger partial charge in [-0.25, -0.2) is 9.13 Å². The standard InChI is InChI=1S/C39H40N6O2/c1-40-34(46)24-26-44-36(42(3)32-22-20-28-14-10-12-16-30(28)38(32)44)18-8-6-5-7-9-19-37-43(4)33-23-21-29-15-11-13-17-31(29)39(33)45(37)27-25-35(47)41-2/h5-23H,24-27H2,1-4H3,(H-,40,41,46,47)/p+1. The van der Waals surface area contributed by atoms with E-state index in [1.54, 1.807) is 14.1 Å². The SMILES string of the molecule is CNC(=O)CCN1\C(=C/C=C/C=C/C=C/c2n(C)c3ccc4ccccc4c3[n+]2CCC(=O)NC)N(C)c2ccc3ccccc3c21. The Morgan fingerprint density at radius 3 is 2.15 bits per heavy atom. The van der Waals surface area contributed by atoms with Gasteiger partial charge in [-0.2, -0.15) is 0 Å². The van der Waals surface area contributed by atoms with Gasteiger partial charge in [-0.05, 0) is 41.1 Å². The van der Waals surface area contributed by atoms with E-state index in [1.807, 2.05) is 30.4 Å². The van der Waals surface area contributed by atoms with E-state index in [0.717, 1.165) is 34.1 Å². The number of aromatic nitrogens is 2. The van der Waals surface area contributed by atoms with Gasteiger partial charge in [0.2, 0.25) is 11.8 Å². The number of carbonyl (C=O) groups is 2. The number of hydrogen-bond acceptors (Lipinski definition) is 4. The number of imidazole rings is 1. The van der Waals surface area contributed by atoms with Crippen LogP contribution in [0, 0.1) is 0 Å². The summed E-state index contributed by atoms with van der Waals surface area (Å²) in [6.07, 6.45) is 15.1. The number of carbonyl (C=O) groups excluding carboxylic acids is 2. The highest BCUT2D eigenvalue weighted by Gasteiger charge is 2.30. The third-order valence-corrected chi connectivity index (χ3v) is 8.88. The summed E-state index contributed by atoms with van der Waals surface area (Å²) < 4.78 is 4.42. The Labute approximate surface area is 275 Å². The smallest absolute Gasteiger partial charge is 0.282 e. The Balaban J connectivity index is 1.26. The van der Waals surface area contributed by atoms with Crippen molar-refractivity contribution in [3.63, 3.8) is 0 Å². The summed E-state index contributed by atoms with van der Waals surface area (Å²) in [5.41, 5.74) is 4.48. The predicted molar refractivity (Wildman–Crippen MR) is 193 cm³/mol. The van der Waals surface area contributed by atoms with E-state index in [1.165, 1.54) is 21.5 Å². The number of hydrogen-bond donors (Lipinski definition) is 2. The normalized spacial score (nSPS) is 14.2. The van der Waals surface area contributed by atoms with Crippen molar-refractivity contribution in [2.24, 2.45) is 7.05 Å². The number of fused-ring (bicyclic) bond motifs is 6. The predicted octanol–water partition coefficient (Wildman–Crippen LogP) is 5.97. The fourth-order valence-corrected chi connectivity index (χ4v) is 6.44. The van der Waals surface area contributed by atoms with Crippen molar-refractivity contribution in [3.8, 4) is 0 Å². The summed E-state index contributed by atoms with van der Waals surface area (Å²) in [5.74, 6) is 2.06. The summed E-state index contributed by atoms with van der Waals surface area (Å²) in [5, 5.41) is 10.2. The molecule has 2 amide bonds. The van der Waals surface area contributed by atoms with Crippen LogP contribution < -0.4 is 25.0 Å². The van der Waals surface area contributed by atoms with Crippen molar-refractivity contribution in [2.75, 3.05) is 37.5 Å². The Morgan fingerprint density at radius 1 is 0.745 bits per heavy atom. The van der Waals surface area contributed by atoms with Crippen LogP contribution in [0.2, 0.25) is 0 Å². The molecule has 1 aromatic heterocycles. The molecule has 2 N–H and O–H groups in total. The monoisotopic (exact) mass is 625 g/mol. The molecule has 1 aliphatic rings. The summed E-state index contributed by atoms with van der Waals surface area (Å²) >= 11 is 0. The molecule has 0 fully saturated rings. The van der Waals surface area contributed by atoms with Crippen molar-refractivity contribution < 1.29 is 14.2 Å². The van der Waals surface area contributed by atoms with Crippen molar-refractivity contribution in [2.45, 2.75) is 19.4 Å². The molecule has 47 heavy (non-hydrogen) atoms. The van der Waals surface area contributed by atoms with Crippen molar-refractivity contribution in [1.82, 2.24) is 15.2 Å². The lowest BCUT2D eigenvalue weighted by molar-refractivity contribution is -0.672. The largest absolute Gasteiger partial charge is 0.359 e. The summed E-state index contributed by atoms with van der Waals surface area (Å²) in [4.78, 5) is 28.8. The van der Waals surface area contributed by atoms with E-state index in [0.29, 0.717) is 25.9 Å². The van der Waals surface area contributed by atoms with Crippen molar-refractivity contribution in [3.05, 3.63) is 121 Å². The van der Waals surface area contributed by atoms with Crippen molar-refractivity contribution >= 4 is 61.8 Å². The van der Waals surface area contributed by atoms with Crippen LogP contribution in [0.4, 0.5) is 11.4 Å². The zero-order valence-corrected chi connectivity index (χ0v) is 27.4. The summed E-state index contributed by atoms with van der Waals surface area (Å²) in [6, 6.07) is 25.3. The molecule has 0 bridgehead atoms. The summed E-state index contributed by atoms with van der Waals surface area (Å²) in [6.45, 7) is 1.15. The number of allylic oxidation sites excluding steroid dienone is 6. The second-order valence-corrected chi connectivity index (χ2v) is 11.6. The second-order valence-electron chi connectivity index (χ2n) is 11.6. The van der Waals surface area contributed by atoms with Crippen molar-refractivity contribution in [1.29, 1.82) is 0 Å². The number of anilines is 2. The lowest BCUT2D eigenvalue weighted by Gasteiger charge is -2.23. The van der Waals surface area contributed by atoms with Crippen LogP contribution in [0.5, 0.6) is 0 Å². The minimum absolute atomic E-state index is 0.0141. The van der Waals surface area contributed by atoms with Gasteiger partial charge in [0, 0.05) is 51.0 Å². The van der Waals surface area contributed by atoms with Crippen LogP contribution in [-0.2, 0) is 23.2 Å². The topological polar surface area (TPSA) is 73.5 Å². The number of nitrogens with zero attached hydrogens (tertiary/aromatic N) is 4. The van der Waals surface area contributed by atoms with Gasteiger partial charge in [0.25, 0.3) is 5.82 Å². The van der Waals surface area contributed by atoms with Crippen LogP contribution in [0.15, 0.2) is 115 Å². The molecule has 0 unspecified atom stereocenters. The zero-order chi connectivity index (χ0) is 32.9. The maximum absolute atomic E-state index is 12.2. The number of rotatable bonds is 10. The van der Waals surface area contributed by atoms with Gasteiger partial charge in [0.05, 0.1) is 31.4 Å². The highest BCUT2D eigenvalue weighted by Crippen LogP contribution is 2.45. The molecule has 1 aliphatic heterocycles. The Hall–Kier alpha value is -5.63. The molecule has 0 saturated heterocycles. The van der Waals surface area contributed by atoms with Gasteiger partial charge in [0.1, 0.15) is 5.82 Å². The van der Waals surface area contributed by atoms with E-state index in [9.17, 15) is 9.59 Å². The third kappa shape index (κ3) is 6.14. The molecular weight excluding hydrogens is 584 g/mol. The van der Waals surface area contributed by atoms with Crippen LogP contribution in [-0.4, -0.2) is 44.1 Å². The molecule has 2 heterocycles. The second kappa shape index (κ2) is 13.8. The Morgan fingerprint density at radius 2 is 1.38 bits per heavy atom. The number of aryl methyl sites for hydroxylation is 2. The van der Waals surface area contributed by atoms with Gasteiger partial charge >= 0.3 is 0 Å². The first-order valence-corrected chi connectivity index (χ1v) is 16.0. The molecule has 5 aromatic rings. The van der Waals surface area contributed by atoms with Gasteiger partial charge in [0.15, 0.2) is 11.0 Å². The third-order valence-electron chi connectivity index (χ3n) is 8.88. The van der Waals surface area contributed by atoms with Crippen LogP contribution in [0.3, 0.4) is 0 Å². The quantitative estimate of drug-likeness (QED) is 0.148. The average Bonchev–Trinajstić information content (AvgIpc) is 3.54. The zero-order valence-electron chi connectivity index (χ0n) is 27.4. The van der Waals surface area contributed by atoms with Gasteiger partial charge in [-0.1, -0.05) is 78.9 Å². The molecule has 0 saturated carbocycles. The molecule has 0 spiro atoms. The molecule has 6 rings (SSSR count). The Kier molecular flexibility index (Phi) is 9.20.